The van der Waals surface area contributed by atoms with Crippen LogP contribution in [0.4, 0.5) is 0 Å². The summed E-state index contributed by atoms with van der Waals surface area (Å²) < 4.78 is 30.7. The van der Waals surface area contributed by atoms with Crippen LogP contribution in [-0.4, -0.2) is 45.4 Å². The molecule has 0 amide bonds. The van der Waals surface area contributed by atoms with Crippen LogP contribution in [0.15, 0.2) is 23.5 Å². The van der Waals surface area contributed by atoms with Crippen molar-refractivity contribution in [2.24, 2.45) is 7.05 Å². The average Bonchev–Trinajstić information content (AvgIpc) is 3.07. The summed E-state index contributed by atoms with van der Waals surface area (Å²) >= 11 is 0. The average molecular weight is 323 g/mol. The molecule has 0 N–H and O–H groups in total. The Labute approximate surface area is 130 Å². The Morgan fingerprint density at radius 2 is 2.00 bits per heavy atom. The maximum atomic E-state index is 12.8. The molecule has 0 saturated carbocycles. The van der Waals surface area contributed by atoms with E-state index in [-0.39, 0.29) is 6.04 Å². The topological polar surface area (TPSA) is 73.0 Å². The molecule has 1 aliphatic heterocycles. The lowest BCUT2D eigenvalue weighted by Gasteiger charge is -2.31. The van der Waals surface area contributed by atoms with Crippen molar-refractivity contribution in [2.75, 3.05) is 13.1 Å². The van der Waals surface area contributed by atoms with Gasteiger partial charge in [0.05, 0.1) is 24.1 Å². The number of aryl methyl sites for hydroxylation is 2. The first-order valence-electron chi connectivity index (χ1n) is 7.39. The van der Waals surface area contributed by atoms with Gasteiger partial charge in [-0.3, -0.25) is 9.36 Å². The zero-order valence-corrected chi connectivity index (χ0v) is 13.9. The summed E-state index contributed by atoms with van der Waals surface area (Å²) in [5, 5.41) is 8.38. The molecule has 0 bridgehead atoms. The predicted molar refractivity (Wildman–Crippen MR) is 81.9 cm³/mol. The summed E-state index contributed by atoms with van der Waals surface area (Å²) in [7, 11) is -1.75. The molecular formula is C14H21N5O2S. The number of hydrogen-bond acceptors (Lipinski definition) is 4. The first kappa shape index (κ1) is 15.2. The van der Waals surface area contributed by atoms with Gasteiger partial charge in [-0.05, 0) is 32.3 Å². The summed E-state index contributed by atoms with van der Waals surface area (Å²) in [4.78, 5) is 0.298. The van der Waals surface area contributed by atoms with E-state index < -0.39 is 10.0 Å². The second kappa shape index (κ2) is 5.51. The Balaban J connectivity index is 1.86. The maximum absolute atomic E-state index is 12.8. The van der Waals surface area contributed by atoms with E-state index in [0.29, 0.717) is 23.7 Å². The van der Waals surface area contributed by atoms with Crippen LogP contribution < -0.4 is 0 Å². The van der Waals surface area contributed by atoms with E-state index in [4.69, 9.17) is 0 Å². The van der Waals surface area contributed by atoms with E-state index in [9.17, 15) is 8.42 Å². The van der Waals surface area contributed by atoms with Crippen LogP contribution >= 0.6 is 0 Å². The third kappa shape index (κ3) is 2.56. The Morgan fingerprint density at radius 3 is 2.59 bits per heavy atom. The normalized spacial score (nSPS) is 20.4. The van der Waals surface area contributed by atoms with Gasteiger partial charge in [0.15, 0.2) is 0 Å². The molecule has 0 aliphatic carbocycles. The fourth-order valence-corrected chi connectivity index (χ4v) is 4.56. The predicted octanol–water partition coefficient (Wildman–Crippen LogP) is 1.26. The largest absolute Gasteiger partial charge is 0.272 e. The molecule has 1 fully saturated rings. The molecule has 1 aliphatic rings. The van der Waals surface area contributed by atoms with E-state index in [1.807, 2.05) is 17.8 Å². The van der Waals surface area contributed by atoms with Crippen molar-refractivity contribution in [1.82, 2.24) is 23.9 Å². The van der Waals surface area contributed by atoms with Crippen LogP contribution in [0, 0.1) is 13.8 Å². The van der Waals surface area contributed by atoms with Gasteiger partial charge in [-0.1, -0.05) is 0 Å². The van der Waals surface area contributed by atoms with Gasteiger partial charge < -0.3 is 0 Å². The van der Waals surface area contributed by atoms with Crippen LogP contribution in [0.3, 0.4) is 0 Å². The lowest BCUT2D eigenvalue weighted by molar-refractivity contribution is 0.253. The molecule has 8 heteroatoms. The number of aromatic nitrogens is 4. The van der Waals surface area contributed by atoms with Gasteiger partial charge in [-0.15, -0.1) is 0 Å². The highest BCUT2D eigenvalue weighted by molar-refractivity contribution is 7.89. The highest BCUT2D eigenvalue weighted by atomic mass is 32.2. The fourth-order valence-electron chi connectivity index (χ4n) is 2.86. The van der Waals surface area contributed by atoms with Crippen molar-refractivity contribution in [2.45, 2.75) is 37.6 Å². The molecule has 0 aromatic carbocycles. The van der Waals surface area contributed by atoms with Crippen LogP contribution in [-0.2, 0) is 17.1 Å². The van der Waals surface area contributed by atoms with Crippen LogP contribution in [0.25, 0.3) is 0 Å². The minimum Gasteiger partial charge on any atom is -0.272 e. The lowest BCUT2D eigenvalue weighted by Crippen LogP contribution is -2.40. The van der Waals surface area contributed by atoms with Crippen molar-refractivity contribution < 1.29 is 8.42 Å². The molecule has 0 spiro atoms. The Bertz CT molecular complexity index is 777. The molecule has 1 saturated heterocycles. The van der Waals surface area contributed by atoms with Gasteiger partial charge in [0.25, 0.3) is 0 Å². The third-order valence-corrected chi connectivity index (χ3v) is 6.24. The number of hydrogen-bond donors (Lipinski definition) is 0. The Kier molecular flexibility index (Phi) is 3.82. The lowest BCUT2D eigenvalue weighted by atomic mass is 10.1. The monoisotopic (exact) mass is 323 g/mol. The third-order valence-electron chi connectivity index (χ3n) is 4.27. The molecule has 120 valence electrons. The van der Waals surface area contributed by atoms with Gasteiger partial charge in [-0.25, -0.2) is 8.42 Å². The molecule has 2 aromatic rings. The van der Waals surface area contributed by atoms with Crippen molar-refractivity contribution in [3.8, 4) is 0 Å². The molecule has 2 aromatic heterocycles. The molecule has 3 rings (SSSR count). The molecule has 0 radical (unpaired) electrons. The number of piperidine rings is 1. The number of rotatable bonds is 3. The molecule has 7 nitrogen and oxygen atoms in total. The quantitative estimate of drug-likeness (QED) is 0.852. The highest BCUT2D eigenvalue weighted by Gasteiger charge is 2.33. The summed E-state index contributed by atoms with van der Waals surface area (Å²) in [5.41, 5.74) is 1.75. The van der Waals surface area contributed by atoms with Crippen LogP contribution in [0.5, 0.6) is 0 Å². The van der Waals surface area contributed by atoms with E-state index >= 15 is 0 Å². The minimum atomic E-state index is -3.50. The number of sulfonamides is 1. The van der Waals surface area contributed by atoms with Gasteiger partial charge in [0.1, 0.15) is 4.90 Å². The highest BCUT2D eigenvalue weighted by Crippen LogP contribution is 2.27. The second-order valence-corrected chi connectivity index (χ2v) is 7.78. The van der Waals surface area contributed by atoms with Gasteiger partial charge in [0.2, 0.25) is 10.0 Å². The van der Waals surface area contributed by atoms with Crippen molar-refractivity contribution in [1.29, 1.82) is 0 Å². The smallest absolute Gasteiger partial charge is 0.246 e. The molecule has 1 unspecified atom stereocenters. The summed E-state index contributed by atoms with van der Waals surface area (Å²) in [5.74, 6) is 0. The Hall–Kier alpha value is -1.67. The number of nitrogens with zero attached hydrogens (tertiary/aromatic N) is 5. The first-order valence-corrected chi connectivity index (χ1v) is 8.83. The molecule has 3 heterocycles. The summed E-state index contributed by atoms with van der Waals surface area (Å²) in [6.45, 7) is 4.77. The second-order valence-electron chi connectivity index (χ2n) is 5.87. The van der Waals surface area contributed by atoms with Crippen LogP contribution in [0.2, 0.25) is 0 Å². The zero-order valence-electron chi connectivity index (χ0n) is 13.1. The van der Waals surface area contributed by atoms with E-state index in [1.54, 1.807) is 29.2 Å². The SMILES string of the molecule is Cc1cnn(C2CCCN(S(=O)(=O)c3cnn(C)c3C)C2)c1. The van der Waals surface area contributed by atoms with Gasteiger partial charge >= 0.3 is 0 Å². The Morgan fingerprint density at radius 1 is 1.23 bits per heavy atom. The van der Waals surface area contributed by atoms with E-state index in [0.717, 1.165) is 18.4 Å². The molecule has 1 atom stereocenters. The standard InChI is InChI=1S/C14H21N5O2S/c1-11-7-16-19(9-11)13-5-4-6-18(10-13)22(20,21)14-8-15-17(3)12(14)2/h7-9,13H,4-6,10H2,1-3H3. The van der Waals surface area contributed by atoms with Gasteiger partial charge in [0, 0.05) is 26.3 Å². The van der Waals surface area contributed by atoms with E-state index in [2.05, 4.69) is 10.2 Å². The molecular weight excluding hydrogens is 302 g/mol. The minimum absolute atomic E-state index is 0.0919. The van der Waals surface area contributed by atoms with Crippen molar-refractivity contribution in [3.05, 3.63) is 29.8 Å². The van der Waals surface area contributed by atoms with Crippen LogP contribution in [0.1, 0.15) is 30.1 Å². The molecule has 22 heavy (non-hydrogen) atoms. The van der Waals surface area contributed by atoms with Crippen molar-refractivity contribution in [3.63, 3.8) is 0 Å². The maximum Gasteiger partial charge on any atom is 0.246 e. The first-order chi connectivity index (χ1) is 10.4. The van der Waals surface area contributed by atoms with Crippen molar-refractivity contribution >= 4 is 10.0 Å². The zero-order chi connectivity index (χ0) is 15.9. The summed E-state index contributed by atoms with van der Waals surface area (Å²) in [6, 6.07) is 0.0919. The fraction of sp³-hybridized carbons (Fsp3) is 0.571. The van der Waals surface area contributed by atoms with E-state index in [1.165, 1.54) is 6.20 Å². The summed E-state index contributed by atoms with van der Waals surface area (Å²) in [6.07, 6.45) is 6.99. The van der Waals surface area contributed by atoms with Gasteiger partial charge in [-0.2, -0.15) is 14.5 Å².